The summed E-state index contributed by atoms with van der Waals surface area (Å²) in [6.45, 7) is -11.3. The van der Waals surface area contributed by atoms with Gasteiger partial charge in [0.05, 0.1) is 83.8 Å². The Morgan fingerprint density at radius 3 is 1.27 bits per heavy atom. The normalized spacial score (nSPS) is 47.9. The van der Waals surface area contributed by atoms with Crippen molar-refractivity contribution in [3.8, 4) is 0 Å². The molecule has 0 radical (unpaired) electrons. The number of rotatable bonds is 39. The molecule has 10 aliphatic heterocycles. The predicted molar refractivity (Wildman–Crippen MR) is 397 cm³/mol. The number of aliphatic carboxylic acids is 2. The Hall–Kier alpha value is -2.69. The molecule has 0 aromatic carbocycles. The second-order valence-corrected chi connectivity index (χ2v) is 36.3. The molecule has 65 nitrogen and oxygen atoms in total. The molecule has 0 aromatic rings. The van der Waals surface area contributed by atoms with Gasteiger partial charge in [-0.05, 0) is 6.92 Å². The summed E-state index contributed by atoms with van der Waals surface area (Å²) in [6.07, 6.45) is -125. The molecule has 0 aliphatic carbocycles. The van der Waals surface area contributed by atoms with E-state index in [4.69, 9.17) is 109 Å². The lowest BCUT2D eigenvalue weighted by molar-refractivity contribution is -0.405. The topological polar surface area (TPSA) is 1060 Å². The van der Waals surface area contributed by atoms with E-state index in [0.717, 1.165) is 0 Å². The van der Waals surface area contributed by atoms with Gasteiger partial charge in [-0.1, -0.05) is 0 Å². The van der Waals surface area contributed by atoms with Crippen LogP contribution in [0.5, 0.6) is 0 Å². The van der Waals surface area contributed by atoms with Crippen LogP contribution in [0.2, 0.25) is 0 Å². The number of phosphoric ester groups is 3. The van der Waals surface area contributed by atoms with Gasteiger partial charge in [0.15, 0.2) is 50.3 Å². The highest BCUT2D eigenvalue weighted by atomic mass is 31.2. The van der Waals surface area contributed by atoms with E-state index in [2.05, 4.69) is 0 Å². The molecule has 0 saturated carbocycles. The minimum Gasteiger partial charge on any atom is -0.477 e. The molecule has 52 atom stereocenters. The second kappa shape index (κ2) is 46.6. The maximum absolute atomic E-state index is 13.5. The summed E-state index contributed by atoms with van der Waals surface area (Å²) in [6, 6.07) is -2.53. The molecule has 0 amide bonds. The van der Waals surface area contributed by atoms with Crippen molar-refractivity contribution in [1.29, 1.82) is 0 Å². The predicted octanol–water partition coefficient (Wildman–Crippen LogP) is -23.0. The number of carboxylic acid groups (broad SMARTS) is 2. The first kappa shape index (κ1) is 113. The van der Waals surface area contributed by atoms with Crippen molar-refractivity contribution in [2.45, 2.75) is 338 Å². The molecule has 39 N–H and O–H groups in total. The second-order valence-electron chi connectivity index (χ2n) is 32.7. The molecular weight excluding hydrogens is 1920 g/mol. The molecule has 10 aliphatic rings. The number of hydrogen-bond donors (Lipinski definition) is 38. The minimum atomic E-state index is -6.60. The van der Waals surface area contributed by atoms with Crippen LogP contribution in [0.3, 0.4) is 0 Å². The van der Waals surface area contributed by atoms with Gasteiger partial charge < -0.3 is 283 Å². The summed E-state index contributed by atoms with van der Waals surface area (Å²) in [5, 5.41) is 341. The number of carboxylic acids is 2. The summed E-state index contributed by atoms with van der Waals surface area (Å²) >= 11 is 0. The van der Waals surface area contributed by atoms with Crippen molar-refractivity contribution in [3.63, 3.8) is 0 Å². The van der Waals surface area contributed by atoms with Gasteiger partial charge in [-0.2, -0.15) is 0 Å². The van der Waals surface area contributed by atoms with Gasteiger partial charge in [-0.15, -0.1) is 0 Å². The number of ether oxygens (including phenoxy) is 19. The van der Waals surface area contributed by atoms with Crippen LogP contribution in [-0.2, 0) is 127 Å². The standard InChI is InChI=1S/C66H114NO64P3/c1-13-26(79)36(89)51(124-57-38(91)33(86)29(82)20(8-72)114-57)61(112-13)111-12-24-31(84)34(87)39(92)58(116-24)120-48-21(9-73)115-55(25(67)49(48)122-59-40(93)35(88)30(83)23(117-59)11-110-56-37(90)32(85)28(81)19(7-71)113-56)123-50-41(94)46(22(10-74)129-132(101,102)103)119-60(42(50)95)125-52-53(130-133(104,105)106)44(16(77)5-69)118-62(54(52)131-134(107,108)109)121-47-18(3-65(100,63(96)97)127-45(47)17(78)6-70)126-66(64(98)99)2-14(75)27(80)43(128-66)15(76)4-68/h13-62,68-95,100H,2-12,67H2,1H3,(H,96,97)(H,98,99)(H2,101,102,103)(H2,104,105,106)(H2,107,108,109)/t13-,14+,15+,16-,17+,18+,19+,20+,21+,22-,23+,24+,25+,26-,27+,28+,29+,30+,31+,32-,33-,34-,35-,36+,37+,38+,39+,40+,41+,42-,43+,44+,45+,46+,47+,48-,49+,50-,51+,52-,53+,54-,55+,56-,57-,58+,59-,60+,61+,62+,65?,66?/m0/s1. The third-order valence-electron chi connectivity index (χ3n) is 23.5. The number of nitrogens with two attached hydrogens (primary N) is 1. The van der Waals surface area contributed by atoms with Crippen molar-refractivity contribution >= 4 is 35.4 Å². The molecule has 134 heavy (non-hydrogen) atoms. The van der Waals surface area contributed by atoms with E-state index < -0.39 is 426 Å². The van der Waals surface area contributed by atoms with Gasteiger partial charge in [0.2, 0.25) is 0 Å². The molecule has 10 rings (SSSR count). The van der Waals surface area contributed by atoms with Crippen LogP contribution in [0.25, 0.3) is 0 Å². The summed E-state index contributed by atoms with van der Waals surface area (Å²) < 4.78 is 164. The van der Waals surface area contributed by atoms with Crippen molar-refractivity contribution in [2.24, 2.45) is 5.73 Å². The third kappa shape index (κ3) is 25.4. The quantitative estimate of drug-likeness (QED) is 0.0254. The molecule has 10 heterocycles. The highest BCUT2D eigenvalue weighted by molar-refractivity contribution is 7.46. The van der Waals surface area contributed by atoms with Crippen LogP contribution in [0, 0.1) is 0 Å². The first-order valence-corrected chi connectivity index (χ1v) is 45.2. The average molecular weight is 2040 g/mol. The maximum atomic E-state index is 13.5. The van der Waals surface area contributed by atoms with Crippen molar-refractivity contribution in [2.75, 3.05) is 59.5 Å². The number of carbonyl (C=O) groups is 2. The maximum Gasteiger partial charge on any atom is 0.470 e. The fraction of sp³-hybridized carbons (Fsp3) is 0.970. The van der Waals surface area contributed by atoms with E-state index in [9.17, 15) is 211 Å². The van der Waals surface area contributed by atoms with Crippen LogP contribution >= 0.6 is 23.5 Å². The molecule has 0 aromatic heterocycles. The molecule has 2 unspecified atom stereocenters. The lowest BCUT2D eigenvalue weighted by Gasteiger charge is -2.53. The number of phosphoric acid groups is 3. The monoisotopic (exact) mass is 2040 g/mol. The number of aliphatic hydroxyl groups is 29. The van der Waals surface area contributed by atoms with Gasteiger partial charge in [0.25, 0.3) is 11.6 Å². The van der Waals surface area contributed by atoms with E-state index in [0.29, 0.717) is 0 Å². The molecule has 10 saturated heterocycles. The lowest BCUT2D eigenvalue weighted by Crippen LogP contribution is -2.71. The first-order chi connectivity index (χ1) is 62.5. The van der Waals surface area contributed by atoms with Crippen LogP contribution < -0.4 is 5.73 Å². The summed E-state index contributed by atoms with van der Waals surface area (Å²) in [5.41, 5.74) is 6.92. The average Bonchev–Trinajstić information content (AvgIpc) is 0.739. The van der Waals surface area contributed by atoms with E-state index in [1.807, 2.05) is 0 Å². The van der Waals surface area contributed by atoms with Crippen LogP contribution in [-0.4, -0.2) is 577 Å². The van der Waals surface area contributed by atoms with Gasteiger partial charge in [-0.25, -0.2) is 23.3 Å². The molecular formula is C66H114NO64P3. The lowest BCUT2D eigenvalue weighted by atomic mass is 9.89. The SMILES string of the molecule is C[C@@H]1O[C@@H](OC[C@H]2O[C@H](O[C@@H]3[C@H](O[C@@H]4O[C@H](CO[C@H]5O[C@H](CO)[C@@H](O)[C@H](O)[C@H]5O)[C@@H](O)[C@H](O)[C@H]4O)[C@@H](N)[C@@H](O[C@@H]4[C@H](O)[C@@H](O[C@H]5[C@H](OP(=O)(O)O)[C@@H]([C@@H](O)CO)O[C@H](O[C@H]6[C@@H]([C@H](O)CO)OC(O)(C(=O)O)C[C@H]6OC6(C(=O)O)C[C@@H](O)[C@@H](O)[C@@H]([C@H](O)CO)O6)[C@H]5OP(=O)(O)O)O[C@H]([C@H](CO)OP(=O)(O)O)[C@H]4O)O[C@@H]3CO)[C@H](O)[C@@H](O)[C@@H]2O)[C@H](O[C@@H]2O[C@H](CO)[C@@H](O)[C@H](O)[C@H]2O)[C@H](O)[C@H]1O. The number of hydrogen-bond acceptors (Lipinski definition) is 57. The zero-order valence-corrected chi connectivity index (χ0v) is 71.8. The molecule has 0 spiro atoms. The zero-order valence-electron chi connectivity index (χ0n) is 69.1. The first-order valence-electron chi connectivity index (χ1n) is 40.6. The van der Waals surface area contributed by atoms with E-state index in [1.165, 1.54) is 6.92 Å². The largest absolute Gasteiger partial charge is 0.477 e. The Labute approximate surface area is 751 Å². The van der Waals surface area contributed by atoms with Crippen molar-refractivity contribution in [1.82, 2.24) is 0 Å². The van der Waals surface area contributed by atoms with Crippen LogP contribution in [0.15, 0.2) is 0 Å². The Balaban J connectivity index is 1.05. The molecule has 782 valence electrons. The summed E-state index contributed by atoms with van der Waals surface area (Å²) in [4.78, 5) is 89.5. The summed E-state index contributed by atoms with van der Waals surface area (Å²) in [5.74, 6) is -12.4. The summed E-state index contributed by atoms with van der Waals surface area (Å²) in [7, 11) is -19.2. The molecule has 10 fully saturated rings. The highest BCUT2D eigenvalue weighted by Crippen LogP contribution is 2.51. The van der Waals surface area contributed by atoms with Crippen molar-refractivity contribution < 1.29 is 315 Å². The van der Waals surface area contributed by atoms with E-state index in [1.54, 1.807) is 0 Å². The smallest absolute Gasteiger partial charge is 0.470 e. The van der Waals surface area contributed by atoms with E-state index in [-0.39, 0.29) is 0 Å². The Kier molecular flexibility index (Phi) is 39.4. The molecule has 68 heteroatoms. The van der Waals surface area contributed by atoms with Crippen LogP contribution in [0.4, 0.5) is 0 Å². The highest BCUT2D eigenvalue weighted by Gasteiger charge is 2.66. The minimum absolute atomic E-state index is 0.996. The van der Waals surface area contributed by atoms with Gasteiger partial charge in [0.1, 0.15) is 232 Å². The Morgan fingerprint density at radius 1 is 0.366 bits per heavy atom. The van der Waals surface area contributed by atoms with Crippen molar-refractivity contribution in [3.05, 3.63) is 0 Å². The fourth-order valence-corrected chi connectivity index (χ4v) is 18.0. The molecule has 0 bridgehead atoms. The Morgan fingerprint density at radius 2 is 0.784 bits per heavy atom. The van der Waals surface area contributed by atoms with E-state index >= 15 is 0 Å². The Bertz CT molecular complexity index is 3850. The fourth-order valence-electron chi connectivity index (χ4n) is 16.3. The number of aliphatic hydroxyl groups excluding tert-OH is 28. The van der Waals surface area contributed by atoms with Crippen LogP contribution in [0.1, 0.15) is 19.8 Å². The van der Waals surface area contributed by atoms with Gasteiger partial charge in [0, 0.05) is 12.8 Å². The third-order valence-corrected chi connectivity index (χ3v) is 25.1. The van der Waals surface area contributed by atoms with Gasteiger partial charge >= 0.3 is 35.4 Å². The van der Waals surface area contributed by atoms with Gasteiger partial charge in [-0.3, -0.25) is 13.6 Å². The zero-order chi connectivity index (χ0) is 99.9.